The van der Waals surface area contributed by atoms with E-state index in [4.69, 9.17) is 10.5 Å². The number of ether oxygens (including phenoxy) is 1. The number of hydrogen-bond donors (Lipinski definition) is 2. The van der Waals surface area contributed by atoms with Crippen LogP contribution >= 0.6 is 0 Å². The zero-order valence-corrected chi connectivity index (χ0v) is 8.82. The molecule has 2 atom stereocenters. The smallest absolute Gasteiger partial charge is 0.239 e. The van der Waals surface area contributed by atoms with E-state index in [1.54, 1.807) is 4.90 Å². The summed E-state index contributed by atoms with van der Waals surface area (Å²) in [5.74, 6) is -0.0402. The van der Waals surface area contributed by atoms with Crippen LogP contribution in [0, 0.1) is 0 Å². The Morgan fingerprint density at radius 2 is 2.47 bits per heavy atom. The van der Waals surface area contributed by atoms with E-state index in [2.05, 4.69) is 0 Å². The Balaban J connectivity index is 1.95. The van der Waals surface area contributed by atoms with Gasteiger partial charge in [-0.15, -0.1) is 0 Å². The molecule has 5 nitrogen and oxygen atoms in total. The molecule has 2 aliphatic heterocycles. The lowest BCUT2D eigenvalue weighted by molar-refractivity contribution is -0.138. The van der Waals surface area contributed by atoms with Crippen LogP contribution in [0.3, 0.4) is 0 Å². The number of rotatable bonds is 2. The summed E-state index contributed by atoms with van der Waals surface area (Å²) >= 11 is 0. The van der Waals surface area contributed by atoms with E-state index in [9.17, 15) is 9.90 Å². The Labute approximate surface area is 89.2 Å². The lowest BCUT2D eigenvalue weighted by Crippen LogP contribution is -2.54. The third-order valence-electron chi connectivity index (χ3n) is 3.14. The summed E-state index contributed by atoms with van der Waals surface area (Å²) in [5.41, 5.74) is 4.83. The van der Waals surface area contributed by atoms with Gasteiger partial charge in [-0.1, -0.05) is 0 Å². The maximum atomic E-state index is 11.7. The summed E-state index contributed by atoms with van der Waals surface area (Å²) in [5, 5.41) is 10.1. The minimum atomic E-state index is -0.854. The van der Waals surface area contributed by atoms with Gasteiger partial charge in [0.2, 0.25) is 5.91 Å². The molecule has 2 unspecified atom stereocenters. The van der Waals surface area contributed by atoms with Crippen LogP contribution in [0.4, 0.5) is 0 Å². The van der Waals surface area contributed by atoms with Crippen LogP contribution in [0.1, 0.15) is 19.3 Å². The average molecular weight is 214 g/mol. The zero-order valence-electron chi connectivity index (χ0n) is 8.82. The minimum absolute atomic E-state index is 0.0402. The van der Waals surface area contributed by atoms with Crippen LogP contribution in [0.15, 0.2) is 0 Å². The number of aliphatic hydroxyl groups is 1. The Kier molecular flexibility index (Phi) is 2.95. The van der Waals surface area contributed by atoms with Crippen LogP contribution in [-0.4, -0.2) is 53.9 Å². The third-order valence-corrected chi connectivity index (χ3v) is 3.14. The maximum absolute atomic E-state index is 11.7. The van der Waals surface area contributed by atoms with Crippen LogP contribution in [-0.2, 0) is 9.53 Å². The lowest BCUT2D eigenvalue weighted by Gasteiger charge is -2.35. The Bertz CT molecular complexity index is 251. The van der Waals surface area contributed by atoms with Crippen LogP contribution in [0.2, 0.25) is 0 Å². The van der Waals surface area contributed by atoms with Crippen molar-refractivity contribution in [2.45, 2.75) is 30.9 Å². The van der Waals surface area contributed by atoms with Gasteiger partial charge >= 0.3 is 0 Å². The number of amides is 1. The van der Waals surface area contributed by atoms with Gasteiger partial charge in [0, 0.05) is 19.6 Å². The highest BCUT2D eigenvalue weighted by atomic mass is 16.5. The van der Waals surface area contributed by atoms with Crippen molar-refractivity contribution in [2.24, 2.45) is 5.73 Å². The third kappa shape index (κ3) is 2.30. The van der Waals surface area contributed by atoms with Crippen molar-refractivity contribution in [3.05, 3.63) is 0 Å². The molecule has 1 amide bonds. The van der Waals surface area contributed by atoms with E-state index in [-0.39, 0.29) is 11.9 Å². The van der Waals surface area contributed by atoms with Crippen molar-refractivity contribution in [2.75, 3.05) is 26.3 Å². The van der Waals surface area contributed by atoms with Crippen molar-refractivity contribution >= 4 is 5.91 Å². The van der Waals surface area contributed by atoms with Gasteiger partial charge in [0.05, 0.1) is 19.2 Å². The van der Waals surface area contributed by atoms with E-state index in [1.807, 2.05) is 0 Å². The summed E-state index contributed by atoms with van der Waals surface area (Å²) in [6, 6.07) is -0.385. The van der Waals surface area contributed by atoms with Gasteiger partial charge in [0.25, 0.3) is 0 Å². The highest BCUT2D eigenvalue weighted by molar-refractivity contribution is 5.82. The van der Waals surface area contributed by atoms with Gasteiger partial charge in [-0.3, -0.25) is 4.79 Å². The number of likely N-dealkylation sites (tertiary alicyclic amines) is 1. The van der Waals surface area contributed by atoms with Gasteiger partial charge in [0.1, 0.15) is 5.60 Å². The molecule has 2 fully saturated rings. The summed E-state index contributed by atoms with van der Waals surface area (Å²) in [6.07, 6.45) is 2.28. The molecule has 86 valence electrons. The average Bonchev–Trinajstić information content (AvgIpc) is 2.60. The number of nitrogens with two attached hydrogens (primary N) is 1. The first-order valence-electron chi connectivity index (χ1n) is 5.45. The first-order chi connectivity index (χ1) is 7.11. The number of β-amino-alcohol motifs (C(OH)–C–C–N with tert-alkyl or cyclic N) is 1. The highest BCUT2D eigenvalue weighted by Gasteiger charge is 2.37. The van der Waals surface area contributed by atoms with Crippen LogP contribution in [0.5, 0.6) is 0 Å². The molecule has 0 aliphatic carbocycles. The largest absolute Gasteiger partial charge is 0.386 e. The molecule has 2 rings (SSSR count). The summed E-state index contributed by atoms with van der Waals surface area (Å²) in [4.78, 5) is 13.4. The number of nitrogens with zero attached hydrogens (tertiary/aromatic N) is 1. The molecule has 2 saturated heterocycles. The quantitative estimate of drug-likeness (QED) is 0.624. The summed E-state index contributed by atoms with van der Waals surface area (Å²) in [6.45, 7) is 1.96. The highest BCUT2D eigenvalue weighted by Crippen LogP contribution is 2.21. The van der Waals surface area contributed by atoms with Crippen molar-refractivity contribution in [1.82, 2.24) is 4.90 Å². The molecular weight excluding hydrogens is 196 g/mol. The first kappa shape index (κ1) is 10.9. The second-order valence-electron chi connectivity index (χ2n) is 4.54. The fraction of sp³-hybridized carbons (Fsp3) is 0.900. The lowest BCUT2D eigenvalue weighted by atomic mass is 9.99. The Hall–Kier alpha value is -0.650. The minimum Gasteiger partial charge on any atom is -0.386 e. The molecule has 0 radical (unpaired) electrons. The molecule has 2 heterocycles. The van der Waals surface area contributed by atoms with E-state index in [0.29, 0.717) is 32.7 Å². The monoisotopic (exact) mass is 214 g/mol. The molecule has 0 aromatic heterocycles. The van der Waals surface area contributed by atoms with Gasteiger partial charge in [-0.2, -0.15) is 0 Å². The van der Waals surface area contributed by atoms with E-state index in [0.717, 1.165) is 12.8 Å². The number of carbonyl (C=O) groups is 1. The normalized spacial score (nSPS) is 37.3. The molecule has 0 aromatic rings. The maximum Gasteiger partial charge on any atom is 0.239 e. The van der Waals surface area contributed by atoms with Crippen LogP contribution < -0.4 is 5.73 Å². The molecular formula is C10H18N2O3. The van der Waals surface area contributed by atoms with Gasteiger partial charge in [-0.25, -0.2) is 0 Å². The molecule has 0 aromatic carbocycles. The fourth-order valence-corrected chi connectivity index (χ4v) is 2.20. The predicted octanol–water partition coefficient (Wildman–Crippen LogP) is -0.913. The molecule has 0 bridgehead atoms. The van der Waals surface area contributed by atoms with Gasteiger partial charge < -0.3 is 20.5 Å². The number of piperidine rings is 1. The predicted molar refractivity (Wildman–Crippen MR) is 54.2 cm³/mol. The van der Waals surface area contributed by atoms with Crippen molar-refractivity contribution in [3.8, 4) is 0 Å². The Morgan fingerprint density at radius 1 is 1.67 bits per heavy atom. The molecule has 3 N–H and O–H groups in total. The van der Waals surface area contributed by atoms with Gasteiger partial charge in [0.15, 0.2) is 0 Å². The van der Waals surface area contributed by atoms with Crippen molar-refractivity contribution in [3.63, 3.8) is 0 Å². The Morgan fingerprint density at radius 3 is 3.13 bits per heavy atom. The topological polar surface area (TPSA) is 75.8 Å². The first-order valence-corrected chi connectivity index (χ1v) is 5.45. The molecule has 2 aliphatic rings. The number of carbonyl (C=O) groups excluding carboxylic acids is 1. The second kappa shape index (κ2) is 4.08. The van der Waals surface area contributed by atoms with E-state index >= 15 is 0 Å². The summed E-state index contributed by atoms with van der Waals surface area (Å²) < 4.78 is 5.14. The van der Waals surface area contributed by atoms with Crippen LogP contribution in [0.25, 0.3) is 0 Å². The summed E-state index contributed by atoms with van der Waals surface area (Å²) in [7, 11) is 0. The number of hydrogen-bond acceptors (Lipinski definition) is 4. The molecule has 0 spiro atoms. The van der Waals surface area contributed by atoms with Crippen molar-refractivity contribution in [1.29, 1.82) is 0 Å². The fourth-order valence-electron chi connectivity index (χ4n) is 2.20. The SMILES string of the molecule is NC1CCCN(CC2(O)CCOC2)C1=O. The van der Waals surface area contributed by atoms with Gasteiger partial charge in [-0.05, 0) is 12.8 Å². The second-order valence-corrected chi connectivity index (χ2v) is 4.54. The molecule has 15 heavy (non-hydrogen) atoms. The molecule has 0 saturated carbocycles. The molecule has 5 heteroatoms. The van der Waals surface area contributed by atoms with E-state index in [1.165, 1.54) is 0 Å². The standard InChI is InChI=1S/C10H18N2O3/c11-8-2-1-4-12(9(8)13)6-10(14)3-5-15-7-10/h8,14H,1-7,11H2. The van der Waals surface area contributed by atoms with Crippen molar-refractivity contribution < 1.29 is 14.6 Å². The van der Waals surface area contributed by atoms with E-state index < -0.39 is 5.60 Å². The zero-order chi connectivity index (χ0) is 10.9.